The van der Waals surface area contributed by atoms with Gasteiger partial charge in [-0.3, -0.25) is 9.79 Å². The average molecular weight is 554 g/mol. The summed E-state index contributed by atoms with van der Waals surface area (Å²) in [6.07, 6.45) is 0. The van der Waals surface area contributed by atoms with Gasteiger partial charge in [-0.1, -0.05) is 43.3 Å². The van der Waals surface area contributed by atoms with E-state index >= 15 is 0 Å². The Bertz CT molecular complexity index is 818. The van der Waals surface area contributed by atoms with Crippen LogP contribution in [0.2, 0.25) is 0 Å². The van der Waals surface area contributed by atoms with E-state index in [-0.39, 0.29) is 29.9 Å². The van der Waals surface area contributed by atoms with Gasteiger partial charge < -0.3 is 25.4 Å². The van der Waals surface area contributed by atoms with Gasteiger partial charge in [-0.05, 0) is 30.5 Å². The molecule has 0 aliphatic heterocycles. The third-order valence-corrected chi connectivity index (χ3v) is 4.24. The highest BCUT2D eigenvalue weighted by molar-refractivity contribution is 14.0. The van der Waals surface area contributed by atoms with Gasteiger partial charge in [0.15, 0.2) is 5.96 Å². The molecule has 0 saturated heterocycles. The predicted octanol–water partition coefficient (Wildman–Crippen LogP) is 4.05. The molecule has 0 aromatic heterocycles. The molecule has 32 heavy (non-hydrogen) atoms. The number of nitrogens with one attached hydrogen (secondary N) is 3. The number of aliphatic imine (C=N–C) groups is 1. The molecule has 1 atom stereocenters. The molecule has 2 rings (SSSR count). The molecule has 8 heteroatoms. The molecule has 176 valence electrons. The number of carbonyl (C=O) groups is 1. The van der Waals surface area contributed by atoms with Crippen LogP contribution in [0.15, 0.2) is 59.6 Å². The normalized spacial score (nSPS) is 11.8. The van der Waals surface area contributed by atoms with Crippen LogP contribution < -0.4 is 20.7 Å². The van der Waals surface area contributed by atoms with Crippen LogP contribution >= 0.6 is 24.0 Å². The van der Waals surface area contributed by atoms with Crippen molar-refractivity contribution in [3.05, 3.63) is 60.2 Å². The standard InChI is InChI=1S/C24H34N4O3.HI/c1-4-25-24(27-16-19(2)17-30-18-21-9-6-5-7-10-21)26-13-14-31-23-12-8-11-22(15-23)28-20(3)29;/h5-12,15,19H,4,13-14,16-18H2,1-3H3,(H,28,29)(H2,25,26,27);1H. The molecule has 0 spiro atoms. The van der Waals surface area contributed by atoms with Gasteiger partial charge in [0.1, 0.15) is 12.4 Å². The third-order valence-electron chi connectivity index (χ3n) is 4.24. The second-order valence-corrected chi connectivity index (χ2v) is 7.31. The Morgan fingerprint density at radius 1 is 1.09 bits per heavy atom. The van der Waals surface area contributed by atoms with Gasteiger partial charge in [0.25, 0.3) is 0 Å². The molecular weight excluding hydrogens is 519 g/mol. The smallest absolute Gasteiger partial charge is 0.221 e. The van der Waals surface area contributed by atoms with Crippen molar-refractivity contribution >= 4 is 41.5 Å². The molecule has 2 aromatic carbocycles. The van der Waals surface area contributed by atoms with Crippen LogP contribution in [0.25, 0.3) is 0 Å². The highest BCUT2D eigenvalue weighted by Gasteiger charge is 2.04. The summed E-state index contributed by atoms with van der Waals surface area (Å²) in [4.78, 5) is 15.8. The fraction of sp³-hybridized carbons (Fsp3) is 0.417. The fourth-order valence-electron chi connectivity index (χ4n) is 2.80. The number of benzene rings is 2. The van der Waals surface area contributed by atoms with Crippen LogP contribution in [0.4, 0.5) is 5.69 Å². The number of hydrogen-bond donors (Lipinski definition) is 3. The lowest BCUT2D eigenvalue weighted by Gasteiger charge is -2.14. The van der Waals surface area contributed by atoms with Gasteiger partial charge in [0.05, 0.1) is 19.8 Å². The molecule has 0 aliphatic carbocycles. The average Bonchev–Trinajstić information content (AvgIpc) is 2.75. The van der Waals surface area contributed by atoms with Crippen molar-refractivity contribution in [1.29, 1.82) is 0 Å². The minimum absolute atomic E-state index is 0. The zero-order chi connectivity index (χ0) is 22.3. The highest BCUT2D eigenvalue weighted by atomic mass is 127. The first kappa shape index (κ1) is 27.7. The molecule has 3 N–H and O–H groups in total. The Morgan fingerprint density at radius 3 is 2.59 bits per heavy atom. The Balaban J connectivity index is 0.00000512. The van der Waals surface area contributed by atoms with Crippen LogP contribution in [0, 0.1) is 5.92 Å². The molecule has 1 amide bonds. The van der Waals surface area contributed by atoms with E-state index < -0.39 is 0 Å². The highest BCUT2D eigenvalue weighted by Crippen LogP contribution is 2.17. The number of rotatable bonds is 12. The number of carbonyl (C=O) groups excluding carboxylic acids is 1. The summed E-state index contributed by atoms with van der Waals surface area (Å²) in [6, 6.07) is 17.5. The van der Waals surface area contributed by atoms with Gasteiger partial charge in [-0.2, -0.15) is 0 Å². The van der Waals surface area contributed by atoms with E-state index in [1.807, 2.05) is 43.3 Å². The number of hydrogen-bond acceptors (Lipinski definition) is 4. The SMILES string of the molecule is CCNC(=NCC(C)COCc1ccccc1)NCCOc1cccc(NC(C)=O)c1.I. The quantitative estimate of drug-likeness (QED) is 0.160. The molecule has 0 heterocycles. The first-order valence-electron chi connectivity index (χ1n) is 10.7. The van der Waals surface area contributed by atoms with Crippen molar-refractivity contribution < 1.29 is 14.3 Å². The second-order valence-electron chi connectivity index (χ2n) is 7.31. The van der Waals surface area contributed by atoms with Crippen molar-refractivity contribution in [1.82, 2.24) is 10.6 Å². The number of guanidine groups is 1. The summed E-state index contributed by atoms with van der Waals surface area (Å²) in [7, 11) is 0. The maximum Gasteiger partial charge on any atom is 0.221 e. The summed E-state index contributed by atoms with van der Waals surface area (Å²) in [5.41, 5.74) is 1.90. The van der Waals surface area contributed by atoms with E-state index in [0.29, 0.717) is 44.6 Å². The molecule has 0 radical (unpaired) electrons. The summed E-state index contributed by atoms with van der Waals surface area (Å²) in [5.74, 6) is 1.67. The van der Waals surface area contributed by atoms with Crippen molar-refractivity contribution in [3.8, 4) is 5.75 Å². The van der Waals surface area contributed by atoms with Gasteiger partial charge in [0, 0.05) is 31.8 Å². The van der Waals surface area contributed by atoms with Crippen LogP contribution in [-0.4, -0.2) is 44.7 Å². The van der Waals surface area contributed by atoms with Crippen molar-refractivity contribution in [3.63, 3.8) is 0 Å². The van der Waals surface area contributed by atoms with Crippen LogP contribution in [-0.2, 0) is 16.1 Å². The monoisotopic (exact) mass is 554 g/mol. The molecular formula is C24H35IN4O3. The van der Waals surface area contributed by atoms with Crippen molar-refractivity contribution in [2.45, 2.75) is 27.4 Å². The first-order chi connectivity index (χ1) is 15.1. The van der Waals surface area contributed by atoms with E-state index in [1.165, 1.54) is 12.5 Å². The minimum Gasteiger partial charge on any atom is -0.492 e. The Morgan fingerprint density at radius 2 is 1.88 bits per heavy atom. The Hall–Kier alpha value is -2.33. The number of nitrogens with zero attached hydrogens (tertiary/aromatic N) is 1. The largest absolute Gasteiger partial charge is 0.492 e. The molecule has 7 nitrogen and oxygen atoms in total. The zero-order valence-electron chi connectivity index (χ0n) is 19.1. The summed E-state index contributed by atoms with van der Waals surface area (Å²) in [5, 5.41) is 9.27. The van der Waals surface area contributed by atoms with E-state index in [4.69, 9.17) is 9.47 Å². The molecule has 0 bridgehead atoms. The predicted molar refractivity (Wildman–Crippen MR) is 141 cm³/mol. The maximum absolute atomic E-state index is 11.2. The van der Waals surface area contributed by atoms with Crippen LogP contribution in [0.1, 0.15) is 26.3 Å². The molecule has 1 unspecified atom stereocenters. The fourth-order valence-corrected chi connectivity index (χ4v) is 2.80. The van der Waals surface area contributed by atoms with E-state index in [2.05, 4.69) is 40.0 Å². The molecule has 0 fully saturated rings. The van der Waals surface area contributed by atoms with Crippen molar-refractivity contribution in [2.24, 2.45) is 10.9 Å². The van der Waals surface area contributed by atoms with E-state index in [1.54, 1.807) is 6.07 Å². The van der Waals surface area contributed by atoms with E-state index in [0.717, 1.165) is 18.2 Å². The summed E-state index contributed by atoms with van der Waals surface area (Å²) < 4.78 is 11.6. The third kappa shape index (κ3) is 11.9. The van der Waals surface area contributed by atoms with E-state index in [9.17, 15) is 4.79 Å². The Labute approximate surface area is 208 Å². The lowest BCUT2D eigenvalue weighted by Crippen LogP contribution is -2.39. The molecule has 0 aliphatic rings. The van der Waals surface area contributed by atoms with Gasteiger partial charge in [-0.25, -0.2) is 0 Å². The lowest BCUT2D eigenvalue weighted by atomic mass is 10.2. The number of halogens is 1. The summed E-state index contributed by atoms with van der Waals surface area (Å²) >= 11 is 0. The lowest BCUT2D eigenvalue weighted by molar-refractivity contribution is -0.114. The van der Waals surface area contributed by atoms with Gasteiger partial charge >= 0.3 is 0 Å². The minimum atomic E-state index is -0.106. The zero-order valence-corrected chi connectivity index (χ0v) is 21.4. The second kappa shape index (κ2) is 16.3. The number of amides is 1. The van der Waals surface area contributed by atoms with Gasteiger partial charge in [-0.15, -0.1) is 24.0 Å². The van der Waals surface area contributed by atoms with Crippen LogP contribution in [0.5, 0.6) is 5.75 Å². The number of ether oxygens (including phenoxy) is 2. The first-order valence-corrected chi connectivity index (χ1v) is 10.7. The number of anilines is 1. The molecule has 0 saturated carbocycles. The van der Waals surface area contributed by atoms with Gasteiger partial charge in [0.2, 0.25) is 5.91 Å². The molecule has 2 aromatic rings. The topological polar surface area (TPSA) is 84.0 Å². The van der Waals surface area contributed by atoms with Crippen LogP contribution in [0.3, 0.4) is 0 Å². The van der Waals surface area contributed by atoms with Crippen molar-refractivity contribution in [2.75, 3.05) is 38.2 Å². The maximum atomic E-state index is 11.2. The summed E-state index contributed by atoms with van der Waals surface area (Å²) in [6.45, 7) is 9.46. The Kier molecular flexibility index (Phi) is 14.1.